The van der Waals surface area contributed by atoms with Crippen molar-refractivity contribution in [2.75, 3.05) is 13.2 Å². The molecule has 0 spiro atoms. The third-order valence-corrected chi connectivity index (χ3v) is 5.26. The number of aromatic nitrogens is 1. The largest absolute Gasteiger partial charge is 0.394 e. The maximum Gasteiger partial charge on any atom is 0.228 e. The molecular formula is C19H23N3O2. The van der Waals surface area contributed by atoms with Crippen molar-refractivity contribution in [2.45, 2.75) is 31.8 Å². The first kappa shape index (κ1) is 15.4. The number of aliphatic hydroxyl groups is 1. The number of H-pyrrole nitrogens is 1. The zero-order valence-corrected chi connectivity index (χ0v) is 13.8. The van der Waals surface area contributed by atoms with Gasteiger partial charge in [-0.05, 0) is 35.6 Å². The van der Waals surface area contributed by atoms with Crippen LogP contribution in [0.5, 0.6) is 0 Å². The molecule has 1 aromatic heterocycles. The van der Waals surface area contributed by atoms with Crippen LogP contribution in [0.15, 0.2) is 30.5 Å². The van der Waals surface area contributed by atoms with Crippen molar-refractivity contribution in [3.05, 3.63) is 41.6 Å². The molecule has 1 amide bonds. The molecule has 2 aromatic rings. The molecule has 5 nitrogen and oxygen atoms in total. The number of rotatable bonds is 4. The minimum Gasteiger partial charge on any atom is -0.394 e. The molecule has 5 heteroatoms. The second-order valence-electron chi connectivity index (χ2n) is 6.73. The zero-order valence-electron chi connectivity index (χ0n) is 13.8. The Morgan fingerprint density at radius 3 is 3.12 bits per heavy atom. The number of hydrogen-bond donors (Lipinski definition) is 4. The van der Waals surface area contributed by atoms with Gasteiger partial charge in [0, 0.05) is 29.7 Å². The van der Waals surface area contributed by atoms with E-state index in [1.807, 2.05) is 6.92 Å². The van der Waals surface area contributed by atoms with Crippen LogP contribution in [0.3, 0.4) is 0 Å². The molecule has 24 heavy (non-hydrogen) atoms. The Morgan fingerprint density at radius 2 is 2.33 bits per heavy atom. The molecule has 1 aromatic carbocycles. The number of carbonyl (C=O) groups excluding carboxylic acids is 1. The lowest BCUT2D eigenvalue weighted by Crippen LogP contribution is -2.48. The summed E-state index contributed by atoms with van der Waals surface area (Å²) >= 11 is 0. The molecule has 1 aliphatic carbocycles. The van der Waals surface area contributed by atoms with Crippen molar-refractivity contribution < 1.29 is 9.90 Å². The van der Waals surface area contributed by atoms with Crippen LogP contribution in [0, 0.1) is 5.92 Å². The Balaban J connectivity index is 1.67. The van der Waals surface area contributed by atoms with E-state index < -0.39 is 0 Å². The first-order valence-electron chi connectivity index (χ1n) is 8.67. The minimum atomic E-state index is -0.201. The third-order valence-electron chi connectivity index (χ3n) is 5.26. The summed E-state index contributed by atoms with van der Waals surface area (Å²) in [6, 6.07) is 6.39. The van der Waals surface area contributed by atoms with E-state index >= 15 is 0 Å². The summed E-state index contributed by atoms with van der Waals surface area (Å²) in [7, 11) is 0. The molecule has 0 saturated heterocycles. The fraction of sp³-hybridized carbons (Fsp3) is 0.421. The van der Waals surface area contributed by atoms with Crippen molar-refractivity contribution in [1.29, 1.82) is 0 Å². The lowest BCUT2D eigenvalue weighted by atomic mass is 9.80. The molecule has 3 unspecified atom stereocenters. The van der Waals surface area contributed by atoms with Gasteiger partial charge in [0.2, 0.25) is 5.91 Å². The quantitative estimate of drug-likeness (QED) is 0.689. The molecule has 126 valence electrons. The molecule has 0 fully saturated rings. The average Bonchev–Trinajstić information content (AvgIpc) is 3.03. The Kier molecular flexibility index (Phi) is 3.90. The van der Waals surface area contributed by atoms with E-state index in [1.54, 1.807) is 0 Å². The monoisotopic (exact) mass is 325 g/mol. The van der Waals surface area contributed by atoms with Gasteiger partial charge in [-0.15, -0.1) is 0 Å². The first-order valence-corrected chi connectivity index (χ1v) is 8.67. The van der Waals surface area contributed by atoms with Crippen molar-refractivity contribution in [3.63, 3.8) is 0 Å². The van der Waals surface area contributed by atoms with Gasteiger partial charge in [-0.25, -0.2) is 0 Å². The van der Waals surface area contributed by atoms with Crippen molar-refractivity contribution in [1.82, 2.24) is 15.6 Å². The van der Waals surface area contributed by atoms with Gasteiger partial charge in [0.1, 0.15) is 0 Å². The van der Waals surface area contributed by atoms with E-state index in [4.69, 9.17) is 0 Å². The van der Waals surface area contributed by atoms with E-state index in [2.05, 4.69) is 46.1 Å². The van der Waals surface area contributed by atoms with Crippen LogP contribution in [0.1, 0.15) is 24.5 Å². The molecule has 2 heterocycles. The van der Waals surface area contributed by atoms with E-state index in [0.29, 0.717) is 6.54 Å². The third kappa shape index (κ3) is 2.44. The Hall–Kier alpha value is -2.11. The highest BCUT2D eigenvalue weighted by atomic mass is 16.3. The topological polar surface area (TPSA) is 77.2 Å². The predicted octanol–water partition coefficient (Wildman–Crippen LogP) is 1.58. The summed E-state index contributed by atoms with van der Waals surface area (Å²) in [6.45, 7) is 2.58. The second-order valence-corrected chi connectivity index (χ2v) is 6.73. The number of carbonyl (C=O) groups is 1. The SMILES string of the molecule is CCC(CO)NC(=O)C1C=C2c3cccc4[nH]cc(c34)CC2NC1. The normalized spacial score (nSPS) is 23.5. The van der Waals surface area contributed by atoms with E-state index in [-0.39, 0.29) is 30.5 Å². The number of benzene rings is 1. The van der Waals surface area contributed by atoms with Crippen LogP contribution < -0.4 is 10.6 Å². The van der Waals surface area contributed by atoms with Crippen LogP contribution in [0.4, 0.5) is 0 Å². The smallest absolute Gasteiger partial charge is 0.228 e. The molecular weight excluding hydrogens is 302 g/mol. The van der Waals surface area contributed by atoms with Crippen molar-refractivity contribution >= 4 is 22.4 Å². The Labute approximate surface area is 141 Å². The maximum atomic E-state index is 12.5. The van der Waals surface area contributed by atoms with Gasteiger partial charge in [0.05, 0.1) is 18.6 Å². The van der Waals surface area contributed by atoms with Crippen molar-refractivity contribution in [2.24, 2.45) is 5.92 Å². The lowest BCUT2D eigenvalue weighted by molar-refractivity contribution is -0.124. The average molecular weight is 325 g/mol. The lowest BCUT2D eigenvalue weighted by Gasteiger charge is -2.33. The fourth-order valence-electron chi connectivity index (χ4n) is 3.86. The van der Waals surface area contributed by atoms with Gasteiger partial charge in [-0.1, -0.05) is 25.1 Å². The molecule has 4 rings (SSSR count). The number of fused-ring (bicyclic) bond motifs is 2. The van der Waals surface area contributed by atoms with Gasteiger partial charge in [-0.2, -0.15) is 0 Å². The number of hydrogen-bond acceptors (Lipinski definition) is 3. The summed E-state index contributed by atoms with van der Waals surface area (Å²) in [4.78, 5) is 15.9. The van der Waals surface area contributed by atoms with Crippen LogP contribution in [0.25, 0.3) is 16.5 Å². The fourth-order valence-corrected chi connectivity index (χ4v) is 3.86. The highest BCUT2D eigenvalue weighted by Crippen LogP contribution is 2.38. The summed E-state index contributed by atoms with van der Waals surface area (Å²) in [5, 5.41) is 17.1. The summed E-state index contributed by atoms with van der Waals surface area (Å²) in [6.07, 6.45) is 5.89. The number of aromatic amines is 1. The van der Waals surface area contributed by atoms with Gasteiger partial charge in [-0.3, -0.25) is 4.79 Å². The van der Waals surface area contributed by atoms with Crippen LogP contribution in [-0.4, -0.2) is 41.2 Å². The van der Waals surface area contributed by atoms with Gasteiger partial charge in [0.25, 0.3) is 0 Å². The van der Waals surface area contributed by atoms with Gasteiger partial charge >= 0.3 is 0 Å². The standard InChI is InChI=1S/C19H23N3O2/c1-2-13(10-23)22-19(24)12-6-15-14-4-3-5-16-18(14)11(8-20-16)7-17(15)21-9-12/h3-6,8,12-13,17,20-21,23H,2,7,9-10H2,1H3,(H,22,24). The molecule has 4 N–H and O–H groups in total. The van der Waals surface area contributed by atoms with E-state index in [9.17, 15) is 9.90 Å². The van der Waals surface area contributed by atoms with Crippen LogP contribution in [0.2, 0.25) is 0 Å². The minimum absolute atomic E-state index is 0.0126. The Bertz CT molecular complexity index is 804. The molecule has 0 radical (unpaired) electrons. The van der Waals surface area contributed by atoms with Gasteiger partial charge in [0.15, 0.2) is 0 Å². The number of aliphatic hydroxyl groups excluding tert-OH is 1. The first-order chi connectivity index (χ1) is 11.7. The van der Waals surface area contributed by atoms with Crippen LogP contribution in [-0.2, 0) is 11.2 Å². The highest BCUT2D eigenvalue weighted by Gasteiger charge is 2.32. The molecule has 1 aliphatic heterocycles. The molecule has 0 saturated carbocycles. The number of nitrogens with one attached hydrogen (secondary N) is 3. The highest BCUT2D eigenvalue weighted by molar-refractivity contribution is 5.99. The van der Waals surface area contributed by atoms with E-state index in [0.717, 1.165) is 18.4 Å². The van der Waals surface area contributed by atoms with Gasteiger partial charge < -0.3 is 20.7 Å². The molecule has 2 aliphatic rings. The molecule has 0 bridgehead atoms. The Morgan fingerprint density at radius 1 is 1.46 bits per heavy atom. The zero-order chi connectivity index (χ0) is 16.7. The summed E-state index contributed by atoms with van der Waals surface area (Å²) < 4.78 is 0. The second kappa shape index (κ2) is 6.07. The van der Waals surface area contributed by atoms with E-state index in [1.165, 1.54) is 22.1 Å². The maximum absolute atomic E-state index is 12.5. The molecule has 3 atom stereocenters. The van der Waals surface area contributed by atoms with Crippen molar-refractivity contribution in [3.8, 4) is 0 Å². The van der Waals surface area contributed by atoms with Crippen LogP contribution >= 0.6 is 0 Å². The summed E-state index contributed by atoms with van der Waals surface area (Å²) in [5.41, 5.74) is 4.93. The summed E-state index contributed by atoms with van der Waals surface area (Å²) in [5.74, 6) is -0.214. The number of amides is 1. The predicted molar refractivity (Wildman–Crippen MR) is 94.6 cm³/mol.